The minimum absolute atomic E-state index is 0.129. The van der Waals surface area contributed by atoms with Gasteiger partial charge in [0.1, 0.15) is 16.5 Å². The molecule has 1 N–H and O–H groups in total. The van der Waals surface area contributed by atoms with Crippen molar-refractivity contribution in [3.05, 3.63) is 121 Å². The van der Waals surface area contributed by atoms with Gasteiger partial charge in [-0.3, -0.25) is 9.59 Å². The third-order valence-electron chi connectivity index (χ3n) is 10.3. The molecule has 0 fully saturated rings. The molecule has 0 aliphatic heterocycles. The molecular weight excluding hydrogens is 819 g/mol. The van der Waals surface area contributed by atoms with Crippen LogP contribution >= 0.6 is 11.8 Å². The molecule has 1 amide bonds. The molecule has 0 saturated carbocycles. The molecule has 4 aromatic carbocycles. The Bertz CT molecular complexity index is 1820. The average molecular weight is 886 g/mol. The van der Waals surface area contributed by atoms with Crippen LogP contribution in [0.1, 0.15) is 83.1 Å². The Hall–Kier alpha value is -4.05. The third kappa shape index (κ3) is 12.5. The van der Waals surface area contributed by atoms with Crippen LogP contribution in [-0.2, 0) is 27.9 Å². The molecule has 2 atom stereocenters. The Balaban J connectivity index is 1.77. The molecule has 0 aliphatic carbocycles. The Morgan fingerprint density at radius 2 is 0.820 bits per heavy atom. The van der Waals surface area contributed by atoms with Crippen LogP contribution in [0.3, 0.4) is 0 Å². The Kier molecular flexibility index (Phi) is 16.6. The highest BCUT2D eigenvalue weighted by Crippen LogP contribution is 2.38. The van der Waals surface area contributed by atoms with Gasteiger partial charge in [0.25, 0.3) is 21.9 Å². The summed E-state index contributed by atoms with van der Waals surface area (Å²) in [6.07, 6.45) is -1.98. The molecule has 4 aromatic rings. The number of aliphatic hydroxyl groups is 1. The Labute approximate surface area is 370 Å². The minimum Gasteiger partial charge on any atom is -0.459 e. The molecule has 0 aromatic heterocycles. The van der Waals surface area contributed by atoms with Crippen molar-refractivity contribution in [1.29, 1.82) is 0 Å². The maximum atomic E-state index is 14.8. The minimum atomic E-state index is -3.00. The SMILES string of the molecule is CC(C)(C)OC(=O)[C@@H](SC(=O)N(CCO[Si](c1ccccc1)(c1ccccc1)C(C)(C)C)CCO[Si](c1ccccc1)(c1ccccc1)C(C)(C)C)[C@@H](O)C(=O)OC(C)(C)C. The predicted molar refractivity (Wildman–Crippen MR) is 253 cm³/mol. The van der Waals surface area contributed by atoms with Crippen molar-refractivity contribution in [3.63, 3.8) is 0 Å². The van der Waals surface area contributed by atoms with Crippen LogP contribution in [-0.4, -0.2) is 92.7 Å². The van der Waals surface area contributed by atoms with Gasteiger partial charge in [0.2, 0.25) is 0 Å². The van der Waals surface area contributed by atoms with Gasteiger partial charge in [0.15, 0.2) is 6.10 Å². The average Bonchev–Trinajstić information content (AvgIpc) is 3.18. The van der Waals surface area contributed by atoms with Crippen LogP contribution in [0.15, 0.2) is 121 Å². The van der Waals surface area contributed by atoms with E-state index in [1.807, 2.05) is 72.8 Å². The quantitative estimate of drug-likeness (QED) is 0.0894. The molecule has 0 unspecified atom stereocenters. The van der Waals surface area contributed by atoms with Crippen molar-refractivity contribution >= 4 is 66.3 Å². The van der Waals surface area contributed by atoms with E-state index in [1.165, 1.54) is 0 Å². The van der Waals surface area contributed by atoms with Crippen molar-refractivity contribution in [2.24, 2.45) is 0 Å². The summed E-state index contributed by atoms with van der Waals surface area (Å²) in [5, 5.41) is 13.0. The van der Waals surface area contributed by atoms with E-state index < -0.39 is 56.4 Å². The molecule has 61 heavy (non-hydrogen) atoms. The van der Waals surface area contributed by atoms with Crippen LogP contribution in [0.5, 0.6) is 0 Å². The first-order chi connectivity index (χ1) is 28.4. The maximum absolute atomic E-state index is 14.8. The summed E-state index contributed by atoms with van der Waals surface area (Å²) >= 11 is 0.550. The number of thioether (sulfide) groups is 1. The van der Waals surface area contributed by atoms with Gasteiger partial charge >= 0.3 is 11.9 Å². The van der Waals surface area contributed by atoms with E-state index >= 15 is 0 Å². The number of benzene rings is 4. The van der Waals surface area contributed by atoms with Crippen LogP contribution in [0.2, 0.25) is 10.1 Å². The Morgan fingerprint density at radius 1 is 0.525 bits per heavy atom. The highest BCUT2D eigenvalue weighted by atomic mass is 32.2. The molecule has 9 nitrogen and oxygen atoms in total. The van der Waals surface area contributed by atoms with Gasteiger partial charge in [-0.25, -0.2) is 4.79 Å². The van der Waals surface area contributed by atoms with Gasteiger partial charge in [-0.05, 0) is 84.1 Å². The zero-order valence-electron chi connectivity index (χ0n) is 38.2. The predicted octanol–water partition coefficient (Wildman–Crippen LogP) is 7.71. The summed E-state index contributed by atoms with van der Waals surface area (Å²) in [5.74, 6) is -1.93. The van der Waals surface area contributed by atoms with Gasteiger partial charge in [-0.1, -0.05) is 163 Å². The fourth-order valence-electron chi connectivity index (χ4n) is 7.71. The van der Waals surface area contributed by atoms with Crippen LogP contribution in [0.4, 0.5) is 4.79 Å². The summed E-state index contributed by atoms with van der Waals surface area (Å²) in [6.45, 7) is 23.8. The second kappa shape index (κ2) is 20.4. The van der Waals surface area contributed by atoms with Gasteiger partial charge < -0.3 is 28.3 Å². The van der Waals surface area contributed by atoms with Crippen LogP contribution in [0.25, 0.3) is 0 Å². The lowest BCUT2D eigenvalue weighted by Gasteiger charge is -2.44. The number of hydrogen-bond donors (Lipinski definition) is 1. The number of esters is 2. The summed E-state index contributed by atoms with van der Waals surface area (Å²) in [4.78, 5) is 43.4. The molecule has 0 heterocycles. The maximum Gasteiger partial charge on any atom is 0.337 e. The number of carbonyl (C=O) groups excluding carboxylic acids is 3. The normalized spacial score (nSPS) is 13.9. The lowest BCUT2D eigenvalue weighted by atomic mass is 10.1. The summed E-state index contributed by atoms with van der Waals surface area (Å²) < 4.78 is 25.6. The lowest BCUT2D eigenvalue weighted by Crippen LogP contribution is -2.67. The van der Waals surface area contributed by atoms with E-state index in [0.29, 0.717) is 11.8 Å². The van der Waals surface area contributed by atoms with E-state index in [0.717, 1.165) is 20.7 Å². The van der Waals surface area contributed by atoms with Crippen molar-refractivity contribution in [1.82, 2.24) is 4.90 Å². The van der Waals surface area contributed by atoms with Gasteiger partial charge in [-0.2, -0.15) is 0 Å². The van der Waals surface area contributed by atoms with Gasteiger partial charge in [0, 0.05) is 13.1 Å². The second-order valence-corrected chi connectivity index (χ2v) is 29.0. The van der Waals surface area contributed by atoms with E-state index in [9.17, 15) is 19.5 Å². The topological polar surface area (TPSA) is 112 Å². The highest BCUT2D eigenvalue weighted by Gasteiger charge is 2.52. The first-order valence-corrected chi connectivity index (χ1v) is 25.7. The molecule has 12 heteroatoms. The summed E-state index contributed by atoms with van der Waals surface area (Å²) in [7, 11) is -6.00. The number of hydrogen-bond acceptors (Lipinski definition) is 9. The van der Waals surface area contributed by atoms with Crippen molar-refractivity contribution < 1.29 is 37.8 Å². The first-order valence-electron chi connectivity index (χ1n) is 21.0. The van der Waals surface area contributed by atoms with Crippen molar-refractivity contribution in [3.8, 4) is 0 Å². The zero-order valence-corrected chi connectivity index (χ0v) is 41.0. The first kappa shape index (κ1) is 49.6. The smallest absolute Gasteiger partial charge is 0.337 e. The molecule has 0 saturated heterocycles. The molecule has 4 rings (SSSR count). The number of rotatable bonds is 16. The number of aliphatic hydroxyl groups excluding tert-OH is 1. The molecule has 0 spiro atoms. The standard InChI is InChI=1S/C49H67NO8SSi2/c1-46(2,3)57-43(52)41(51)42(44(53)58-47(4,5)6)59-45(54)50(33-35-55-60(48(7,8)9,37-25-17-13-18-26-37)38-27-19-14-20-28-38)34-36-56-61(49(10,11)12,39-29-21-15-22-30-39)40-31-23-16-24-32-40/h13-32,41-42,51H,33-36H2,1-12H3/t41-,42+/m1/s1. The highest BCUT2D eigenvalue weighted by molar-refractivity contribution is 8.14. The molecular formula is C49H67NO8SSi2. The molecule has 0 radical (unpaired) electrons. The van der Waals surface area contributed by atoms with Gasteiger partial charge in [0.05, 0.1) is 13.2 Å². The lowest BCUT2D eigenvalue weighted by molar-refractivity contribution is -0.171. The fourth-order valence-corrected chi connectivity index (χ4v) is 17.7. The Morgan fingerprint density at radius 3 is 1.10 bits per heavy atom. The number of amides is 1. The summed E-state index contributed by atoms with van der Waals surface area (Å²) in [5.41, 5.74) is -1.91. The zero-order chi connectivity index (χ0) is 45.3. The third-order valence-corrected chi connectivity index (χ3v) is 21.5. The van der Waals surface area contributed by atoms with Crippen molar-refractivity contribution in [2.45, 2.75) is 116 Å². The van der Waals surface area contributed by atoms with Crippen molar-refractivity contribution in [2.75, 3.05) is 26.3 Å². The monoisotopic (exact) mass is 885 g/mol. The number of nitrogens with zero attached hydrogens (tertiary/aromatic N) is 1. The van der Waals surface area contributed by atoms with E-state index in [1.54, 1.807) is 46.4 Å². The van der Waals surface area contributed by atoms with E-state index in [4.69, 9.17) is 18.3 Å². The number of ether oxygens (including phenoxy) is 2. The van der Waals surface area contributed by atoms with Crippen LogP contribution in [0, 0.1) is 0 Å². The van der Waals surface area contributed by atoms with Crippen LogP contribution < -0.4 is 20.7 Å². The fraction of sp³-hybridized carbons (Fsp3) is 0.449. The molecule has 330 valence electrons. The second-order valence-electron chi connectivity index (χ2n) is 19.3. The molecule has 0 aliphatic rings. The van der Waals surface area contributed by atoms with Gasteiger partial charge in [-0.15, -0.1) is 0 Å². The largest absolute Gasteiger partial charge is 0.459 e. The van der Waals surface area contributed by atoms with E-state index in [2.05, 4.69) is 90.1 Å². The van der Waals surface area contributed by atoms with E-state index in [-0.39, 0.29) is 36.4 Å². The molecule has 0 bridgehead atoms. The summed E-state index contributed by atoms with van der Waals surface area (Å²) in [6, 6.07) is 41.1. The number of carbonyl (C=O) groups is 3.